The van der Waals surface area contributed by atoms with Crippen LogP contribution in [0.5, 0.6) is 5.75 Å². The van der Waals surface area contributed by atoms with E-state index < -0.39 is 0 Å². The summed E-state index contributed by atoms with van der Waals surface area (Å²) >= 11 is 0. The molecule has 3 heteroatoms. The van der Waals surface area contributed by atoms with Crippen molar-refractivity contribution in [1.29, 1.82) is 5.26 Å². The summed E-state index contributed by atoms with van der Waals surface area (Å²) in [6.07, 6.45) is 0. The molecule has 0 fully saturated rings. The van der Waals surface area contributed by atoms with Crippen LogP contribution in [0.15, 0.2) is 42.5 Å². The molecule has 0 N–H and O–H groups in total. The van der Waals surface area contributed by atoms with Gasteiger partial charge in [0.15, 0.2) is 0 Å². The Morgan fingerprint density at radius 3 is 2.21 bits per heavy atom. The Bertz CT molecular complexity index is 612. The topological polar surface area (TPSA) is 36.3 Å². The zero-order valence-corrected chi connectivity index (χ0v) is 11.3. The Morgan fingerprint density at radius 2 is 1.68 bits per heavy atom. The number of nitrogens with zero attached hydrogens (tertiary/aromatic N) is 2. The minimum absolute atomic E-state index is 0.715. The minimum Gasteiger partial charge on any atom is -0.497 e. The smallest absolute Gasteiger partial charge is 0.119 e. The molecule has 2 rings (SSSR count). The van der Waals surface area contributed by atoms with Crippen LogP contribution >= 0.6 is 0 Å². The second kappa shape index (κ2) is 5.45. The maximum absolute atomic E-state index is 8.95. The van der Waals surface area contributed by atoms with Crippen LogP contribution in [0.2, 0.25) is 0 Å². The summed E-state index contributed by atoms with van der Waals surface area (Å²) in [6.45, 7) is 1.95. The molecular formula is C16H16N2O. The Morgan fingerprint density at radius 1 is 1.05 bits per heavy atom. The van der Waals surface area contributed by atoms with Crippen molar-refractivity contribution in [3.63, 3.8) is 0 Å². The molecule has 0 bridgehead atoms. The van der Waals surface area contributed by atoms with E-state index >= 15 is 0 Å². The van der Waals surface area contributed by atoms with Gasteiger partial charge in [0.2, 0.25) is 0 Å². The lowest BCUT2D eigenvalue weighted by Gasteiger charge is -2.20. The van der Waals surface area contributed by atoms with E-state index in [1.807, 2.05) is 56.4 Å². The second-order valence-electron chi connectivity index (χ2n) is 4.37. The molecule has 2 aromatic rings. The average molecular weight is 252 g/mol. The van der Waals surface area contributed by atoms with Crippen LogP contribution in [0.1, 0.15) is 11.1 Å². The van der Waals surface area contributed by atoms with Crippen LogP contribution in [0.3, 0.4) is 0 Å². The van der Waals surface area contributed by atoms with Crippen molar-refractivity contribution in [3.05, 3.63) is 53.6 Å². The summed E-state index contributed by atoms with van der Waals surface area (Å²) in [7, 11) is 3.66. The van der Waals surface area contributed by atoms with Crippen molar-refractivity contribution in [3.8, 4) is 11.8 Å². The molecule has 0 saturated carbocycles. The lowest BCUT2D eigenvalue weighted by atomic mass is 10.1. The summed E-state index contributed by atoms with van der Waals surface area (Å²) < 4.78 is 5.15. The van der Waals surface area contributed by atoms with Gasteiger partial charge in [0.25, 0.3) is 0 Å². The first-order chi connectivity index (χ1) is 9.15. The third-order valence-corrected chi connectivity index (χ3v) is 3.18. The molecule has 0 unspecified atom stereocenters. The highest BCUT2D eigenvalue weighted by Gasteiger charge is 2.06. The largest absolute Gasteiger partial charge is 0.497 e. The minimum atomic E-state index is 0.715. The van der Waals surface area contributed by atoms with Gasteiger partial charge in [0, 0.05) is 18.4 Å². The summed E-state index contributed by atoms with van der Waals surface area (Å²) in [5.41, 5.74) is 3.83. The molecule has 0 atom stereocenters. The molecule has 0 aliphatic rings. The van der Waals surface area contributed by atoms with Crippen molar-refractivity contribution in [2.75, 3.05) is 19.1 Å². The second-order valence-corrected chi connectivity index (χ2v) is 4.37. The van der Waals surface area contributed by atoms with Gasteiger partial charge in [-0.05, 0) is 55.0 Å². The van der Waals surface area contributed by atoms with Gasteiger partial charge in [-0.25, -0.2) is 0 Å². The number of hydrogen-bond donors (Lipinski definition) is 0. The van der Waals surface area contributed by atoms with Crippen LogP contribution in [0.25, 0.3) is 0 Å². The van der Waals surface area contributed by atoms with E-state index in [2.05, 4.69) is 11.0 Å². The zero-order chi connectivity index (χ0) is 13.8. The van der Waals surface area contributed by atoms with E-state index in [9.17, 15) is 0 Å². The van der Waals surface area contributed by atoms with Crippen molar-refractivity contribution >= 4 is 11.4 Å². The lowest BCUT2D eigenvalue weighted by molar-refractivity contribution is 0.415. The maximum Gasteiger partial charge on any atom is 0.119 e. The molecule has 3 nitrogen and oxygen atoms in total. The SMILES string of the molecule is COc1ccc(N(C)c2ccc(C#N)c(C)c2)cc1. The van der Waals surface area contributed by atoms with Gasteiger partial charge >= 0.3 is 0 Å². The van der Waals surface area contributed by atoms with Gasteiger partial charge in [0.1, 0.15) is 5.75 Å². The van der Waals surface area contributed by atoms with Crippen LogP contribution in [-0.4, -0.2) is 14.2 Å². The van der Waals surface area contributed by atoms with Gasteiger partial charge in [-0.2, -0.15) is 5.26 Å². The summed E-state index contributed by atoms with van der Waals surface area (Å²) in [5, 5.41) is 8.95. The first-order valence-electron chi connectivity index (χ1n) is 6.04. The molecule has 0 radical (unpaired) electrons. The summed E-state index contributed by atoms with van der Waals surface area (Å²) in [6, 6.07) is 15.9. The monoisotopic (exact) mass is 252 g/mol. The van der Waals surface area contributed by atoms with E-state index in [1.165, 1.54) is 0 Å². The van der Waals surface area contributed by atoms with Gasteiger partial charge in [-0.15, -0.1) is 0 Å². The van der Waals surface area contributed by atoms with Crippen LogP contribution in [0, 0.1) is 18.3 Å². The molecule has 2 aromatic carbocycles. The Balaban J connectivity index is 2.30. The molecule has 0 heterocycles. The van der Waals surface area contributed by atoms with E-state index in [4.69, 9.17) is 10.00 Å². The third-order valence-electron chi connectivity index (χ3n) is 3.18. The molecule has 0 aliphatic carbocycles. The Labute approximate surface area is 113 Å². The molecule has 0 saturated heterocycles. The van der Waals surface area contributed by atoms with Gasteiger partial charge in [-0.3, -0.25) is 0 Å². The molecule has 0 aromatic heterocycles. The molecule has 0 aliphatic heterocycles. The highest BCUT2D eigenvalue weighted by atomic mass is 16.5. The lowest BCUT2D eigenvalue weighted by Crippen LogP contribution is -2.09. The van der Waals surface area contributed by atoms with Crippen LogP contribution in [-0.2, 0) is 0 Å². The zero-order valence-electron chi connectivity index (χ0n) is 11.3. The van der Waals surface area contributed by atoms with Gasteiger partial charge in [0.05, 0.1) is 18.7 Å². The first kappa shape index (κ1) is 13.0. The fraction of sp³-hybridized carbons (Fsp3) is 0.188. The van der Waals surface area contributed by atoms with Gasteiger partial charge in [-0.1, -0.05) is 0 Å². The number of aryl methyl sites for hydroxylation is 1. The summed E-state index contributed by atoms with van der Waals surface area (Å²) in [5.74, 6) is 0.841. The highest BCUT2D eigenvalue weighted by molar-refractivity contribution is 5.65. The van der Waals surface area contributed by atoms with Crippen LogP contribution < -0.4 is 9.64 Å². The fourth-order valence-electron chi connectivity index (χ4n) is 1.94. The first-order valence-corrected chi connectivity index (χ1v) is 6.04. The van der Waals surface area contributed by atoms with Crippen molar-refractivity contribution in [2.24, 2.45) is 0 Å². The van der Waals surface area contributed by atoms with Crippen molar-refractivity contribution in [2.45, 2.75) is 6.92 Å². The van der Waals surface area contributed by atoms with E-state index in [-0.39, 0.29) is 0 Å². The molecule has 0 spiro atoms. The molecule has 96 valence electrons. The van der Waals surface area contributed by atoms with Crippen LogP contribution in [0.4, 0.5) is 11.4 Å². The number of benzene rings is 2. The third kappa shape index (κ3) is 2.69. The van der Waals surface area contributed by atoms with Gasteiger partial charge < -0.3 is 9.64 Å². The number of methoxy groups -OCH3 is 1. The standard InChI is InChI=1S/C16H16N2O/c1-12-10-15(5-4-13(12)11-17)18(2)14-6-8-16(19-3)9-7-14/h4-10H,1-3H3. The number of ether oxygens (including phenoxy) is 1. The average Bonchev–Trinajstić information content (AvgIpc) is 2.46. The fourth-order valence-corrected chi connectivity index (χ4v) is 1.94. The molecular weight excluding hydrogens is 236 g/mol. The predicted octanol–water partition coefficient (Wildman–Crippen LogP) is 3.64. The summed E-state index contributed by atoms with van der Waals surface area (Å²) in [4.78, 5) is 2.08. The number of rotatable bonds is 3. The Hall–Kier alpha value is -2.47. The Kier molecular flexibility index (Phi) is 3.72. The van der Waals surface area contributed by atoms with E-state index in [1.54, 1.807) is 7.11 Å². The van der Waals surface area contributed by atoms with E-state index in [0.717, 1.165) is 22.7 Å². The quantitative estimate of drug-likeness (QED) is 0.836. The highest BCUT2D eigenvalue weighted by Crippen LogP contribution is 2.26. The molecule has 19 heavy (non-hydrogen) atoms. The normalized spacial score (nSPS) is 9.79. The maximum atomic E-state index is 8.95. The number of hydrogen-bond acceptors (Lipinski definition) is 3. The number of nitriles is 1. The van der Waals surface area contributed by atoms with Crippen molar-refractivity contribution in [1.82, 2.24) is 0 Å². The van der Waals surface area contributed by atoms with Crippen molar-refractivity contribution < 1.29 is 4.74 Å². The molecule has 0 amide bonds. The van der Waals surface area contributed by atoms with E-state index in [0.29, 0.717) is 5.56 Å². The number of anilines is 2. The predicted molar refractivity (Wildman–Crippen MR) is 77.0 cm³/mol.